The fourth-order valence-corrected chi connectivity index (χ4v) is 4.71. The van der Waals surface area contributed by atoms with Crippen molar-refractivity contribution in [2.24, 2.45) is 0 Å². The first-order valence-corrected chi connectivity index (χ1v) is 13.6. The quantitative estimate of drug-likeness (QED) is 0.272. The summed E-state index contributed by atoms with van der Waals surface area (Å²) in [5, 5.41) is 15.7. The number of ether oxygens (including phenoxy) is 1. The molecule has 1 aliphatic rings. The van der Waals surface area contributed by atoms with E-state index in [2.05, 4.69) is 16.7 Å². The molecule has 2 aromatic rings. The number of fused-ring (bicyclic) bond motifs is 1. The molecule has 0 saturated heterocycles. The summed E-state index contributed by atoms with van der Waals surface area (Å²) in [4.78, 5) is 31.2. The molecule has 1 amide bonds. The lowest BCUT2D eigenvalue weighted by Gasteiger charge is -2.28. The number of halogens is 2. The van der Waals surface area contributed by atoms with Crippen LogP contribution in [0.5, 0.6) is 0 Å². The number of carbonyl (C=O) groups is 2. The van der Waals surface area contributed by atoms with Gasteiger partial charge >= 0.3 is 5.97 Å². The molecule has 3 atom stereocenters. The fourth-order valence-electron chi connectivity index (χ4n) is 4.71. The second-order valence-electron chi connectivity index (χ2n) is 10.0. The van der Waals surface area contributed by atoms with Crippen molar-refractivity contribution in [2.45, 2.75) is 69.9 Å². The molecule has 0 fully saturated rings. The van der Waals surface area contributed by atoms with Crippen LogP contribution in [0.25, 0.3) is 0 Å². The molecule has 3 N–H and O–H groups in total. The minimum absolute atomic E-state index is 0.0319. The van der Waals surface area contributed by atoms with Crippen LogP contribution >= 0.6 is 0 Å². The number of aromatic nitrogens is 1. The number of alkyl halides is 2. The number of carboxylic acids is 1. The van der Waals surface area contributed by atoms with Crippen LogP contribution in [0.2, 0.25) is 0 Å². The number of unbranched alkanes of at least 4 members (excludes halogenated alkanes) is 1. The Morgan fingerprint density at radius 1 is 1.15 bits per heavy atom. The third-order valence-corrected chi connectivity index (χ3v) is 7.17. The summed E-state index contributed by atoms with van der Waals surface area (Å²) in [6, 6.07) is 12.1. The molecule has 0 radical (unpaired) electrons. The predicted octanol–water partition coefficient (Wildman–Crippen LogP) is 4.11. The van der Waals surface area contributed by atoms with Crippen molar-refractivity contribution in [3.63, 3.8) is 0 Å². The average Bonchev–Trinajstić information content (AvgIpc) is 2.94. The summed E-state index contributed by atoms with van der Waals surface area (Å²) in [5.41, 5.74) is 3.00. The number of aliphatic carboxylic acids is 1. The normalized spacial score (nSPS) is 15.3. The molecule has 1 aromatic carbocycles. The van der Waals surface area contributed by atoms with E-state index in [0.717, 1.165) is 55.7 Å². The first kappa shape index (κ1) is 30.4. The number of hydrogen-bond donors (Lipinski definition) is 3. The van der Waals surface area contributed by atoms with E-state index in [1.165, 1.54) is 12.7 Å². The molecular weight excluding hydrogens is 506 g/mol. The summed E-state index contributed by atoms with van der Waals surface area (Å²) in [6.45, 7) is 3.33. The van der Waals surface area contributed by atoms with E-state index in [1.807, 2.05) is 36.4 Å². The zero-order valence-corrected chi connectivity index (χ0v) is 22.7. The van der Waals surface area contributed by atoms with E-state index in [-0.39, 0.29) is 19.5 Å². The number of carbonyl (C=O) groups excluding carboxylic acids is 1. The van der Waals surface area contributed by atoms with Crippen LogP contribution in [0.1, 0.15) is 55.3 Å². The number of rotatable bonds is 16. The zero-order chi connectivity index (χ0) is 28.2. The second kappa shape index (κ2) is 15.5. The maximum atomic E-state index is 13.4. The SMILES string of the molecule is COC(CN(CCCCc1ccc2c(n1)NCCC2)CCC(NC(=O)C(C)c1ccccc1)C(=O)O)C(F)F. The van der Waals surface area contributed by atoms with Crippen molar-refractivity contribution < 1.29 is 28.2 Å². The Morgan fingerprint density at radius 3 is 2.62 bits per heavy atom. The monoisotopic (exact) mass is 546 g/mol. The zero-order valence-electron chi connectivity index (χ0n) is 22.7. The van der Waals surface area contributed by atoms with E-state index in [9.17, 15) is 23.5 Å². The van der Waals surface area contributed by atoms with Gasteiger partial charge in [0, 0.05) is 32.4 Å². The van der Waals surface area contributed by atoms with Crippen molar-refractivity contribution in [3.05, 3.63) is 59.3 Å². The van der Waals surface area contributed by atoms with Gasteiger partial charge in [-0.1, -0.05) is 36.4 Å². The van der Waals surface area contributed by atoms with Gasteiger partial charge in [-0.3, -0.25) is 4.79 Å². The molecular formula is C29H40F2N4O4. The summed E-state index contributed by atoms with van der Waals surface area (Å²) >= 11 is 0. The Hall–Kier alpha value is -3.11. The lowest BCUT2D eigenvalue weighted by Crippen LogP contribution is -2.46. The number of amides is 1. The Morgan fingerprint density at radius 2 is 1.92 bits per heavy atom. The highest BCUT2D eigenvalue weighted by Gasteiger charge is 2.27. The molecule has 0 spiro atoms. The van der Waals surface area contributed by atoms with E-state index in [0.29, 0.717) is 6.54 Å². The predicted molar refractivity (Wildman–Crippen MR) is 146 cm³/mol. The van der Waals surface area contributed by atoms with Crippen LogP contribution in [-0.4, -0.2) is 78.7 Å². The molecule has 214 valence electrons. The van der Waals surface area contributed by atoms with Gasteiger partial charge in [0.1, 0.15) is 18.0 Å². The van der Waals surface area contributed by atoms with Crippen molar-refractivity contribution in [3.8, 4) is 0 Å². The highest BCUT2D eigenvalue weighted by Crippen LogP contribution is 2.20. The number of benzene rings is 1. The van der Waals surface area contributed by atoms with E-state index in [1.54, 1.807) is 11.8 Å². The summed E-state index contributed by atoms with van der Waals surface area (Å²) < 4.78 is 31.9. The largest absolute Gasteiger partial charge is 0.480 e. The Bertz CT molecular complexity index is 1060. The van der Waals surface area contributed by atoms with E-state index < -0.39 is 36.4 Å². The van der Waals surface area contributed by atoms with Crippen LogP contribution in [0.4, 0.5) is 14.6 Å². The van der Waals surface area contributed by atoms with Gasteiger partial charge in [-0.15, -0.1) is 0 Å². The number of nitrogens with zero attached hydrogens (tertiary/aromatic N) is 2. The van der Waals surface area contributed by atoms with Gasteiger partial charge in [0.25, 0.3) is 6.43 Å². The number of pyridine rings is 1. The fraction of sp³-hybridized carbons (Fsp3) is 0.552. The van der Waals surface area contributed by atoms with Gasteiger partial charge in [0.15, 0.2) is 0 Å². The molecule has 1 aromatic heterocycles. The number of aryl methyl sites for hydroxylation is 2. The Kier molecular flexibility index (Phi) is 12.1. The third kappa shape index (κ3) is 9.54. The Labute approximate surface area is 229 Å². The topological polar surface area (TPSA) is 104 Å². The van der Waals surface area contributed by atoms with Gasteiger partial charge < -0.3 is 25.4 Å². The maximum absolute atomic E-state index is 13.4. The molecule has 1 aliphatic heterocycles. The highest BCUT2D eigenvalue weighted by atomic mass is 19.3. The molecule has 0 saturated carbocycles. The van der Waals surface area contributed by atoms with Gasteiger partial charge in [0.05, 0.1) is 5.92 Å². The highest BCUT2D eigenvalue weighted by molar-refractivity contribution is 5.87. The smallest absolute Gasteiger partial charge is 0.326 e. The summed E-state index contributed by atoms with van der Waals surface area (Å²) in [6.07, 6.45) is 0.558. The molecule has 10 heteroatoms. The van der Waals surface area contributed by atoms with Gasteiger partial charge in [-0.05, 0) is 69.2 Å². The van der Waals surface area contributed by atoms with Gasteiger partial charge in [0.2, 0.25) is 5.91 Å². The number of hydrogen-bond acceptors (Lipinski definition) is 6. The van der Waals surface area contributed by atoms with Crippen molar-refractivity contribution in [2.75, 3.05) is 38.6 Å². The lowest BCUT2D eigenvalue weighted by molar-refractivity contribution is -0.142. The van der Waals surface area contributed by atoms with Gasteiger partial charge in [-0.2, -0.15) is 0 Å². The standard InChI is InChI=1S/C29H40F2N4O4/c1-20(21-9-4-3-5-10-21)28(36)34-24(29(37)38)15-18-35(19-25(39-2)26(30)31)17-7-6-12-23-14-13-22-11-8-16-32-27(22)33-23/h3-5,9-10,13-14,20,24-26H,6-8,11-12,15-19H2,1-2H3,(H,32,33)(H,34,36)(H,37,38). The molecule has 0 aliphatic carbocycles. The van der Waals surface area contributed by atoms with Crippen LogP contribution in [0, 0.1) is 0 Å². The first-order chi connectivity index (χ1) is 18.8. The minimum atomic E-state index is -2.66. The molecule has 8 nitrogen and oxygen atoms in total. The van der Waals surface area contributed by atoms with Crippen molar-refractivity contribution >= 4 is 17.7 Å². The second-order valence-corrected chi connectivity index (χ2v) is 10.0. The van der Waals surface area contributed by atoms with Crippen LogP contribution in [-0.2, 0) is 27.2 Å². The molecule has 3 rings (SSSR count). The van der Waals surface area contributed by atoms with Crippen LogP contribution in [0.3, 0.4) is 0 Å². The Balaban J connectivity index is 1.55. The molecule has 0 bridgehead atoms. The number of anilines is 1. The molecule has 39 heavy (non-hydrogen) atoms. The van der Waals surface area contributed by atoms with Crippen molar-refractivity contribution in [1.82, 2.24) is 15.2 Å². The minimum Gasteiger partial charge on any atom is -0.480 e. The van der Waals surface area contributed by atoms with E-state index in [4.69, 9.17) is 9.72 Å². The number of methoxy groups -OCH3 is 1. The number of nitrogens with one attached hydrogen (secondary N) is 2. The van der Waals surface area contributed by atoms with Crippen LogP contribution in [0.15, 0.2) is 42.5 Å². The maximum Gasteiger partial charge on any atom is 0.326 e. The third-order valence-electron chi connectivity index (χ3n) is 7.17. The molecule has 2 heterocycles. The van der Waals surface area contributed by atoms with Crippen molar-refractivity contribution in [1.29, 1.82) is 0 Å². The lowest BCUT2D eigenvalue weighted by atomic mass is 10.00. The average molecular weight is 547 g/mol. The molecule has 3 unspecified atom stereocenters. The summed E-state index contributed by atoms with van der Waals surface area (Å²) in [5.74, 6) is -1.13. The summed E-state index contributed by atoms with van der Waals surface area (Å²) in [7, 11) is 1.25. The van der Waals surface area contributed by atoms with E-state index >= 15 is 0 Å². The van der Waals surface area contributed by atoms with Crippen LogP contribution < -0.4 is 10.6 Å². The van der Waals surface area contributed by atoms with Gasteiger partial charge in [-0.25, -0.2) is 18.6 Å². The number of carboxylic acid groups (broad SMARTS) is 1. The first-order valence-electron chi connectivity index (χ1n) is 13.6.